The number of hydrogen-bond donors (Lipinski definition) is 1. The summed E-state index contributed by atoms with van der Waals surface area (Å²) in [6, 6.07) is 0. The van der Waals surface area contributed by atoms with E-state index in [1.165, 1.54) is 12.0 Å². The molecule has 0 spiro atoms. The fraction of sp³-hybridized carbons (Fsp3) is 0.875. The van der Waals surface area contributed by atoms with Crippen LogP contribution in [-0.2, 0) is 4.74 Å². The van der Waals surface area contributed by atoms with Crippen LogP contribution in [0.25, 0.3) is 0 Å². The van der Waals surface area contributed by atoms with E-state index in [1.807, 2.05) is 0 Å². The van der Waals surface area contributed by atoms with Crippen molar-refractivity contribution >= 4 is 6.09 Å². The third-order valence-corrected chi connectivity index (χ3v) is 2.23. The number of aliphatic hydroxyl groups is 1. The molecule has 4 nitrogen and oxygen atoms in total. The molecule has 1 aliphatic carbocycles. The number of carbonyl (C=O) groups excluding carboxylic acids is 1. The number of methoxy groups -OCH3 is 1. The summed E-state index contributed by atoms with van der Waals surface area (Å²) in [6.45, 7) is 0.684. The van der Waals surface area contributed by atoms with Crippen LogP contribution in [0.15, 0.2) is 0 Å². The van der Waals surface area contributed by atoms with Crippen LogP contribution in [0.1, 0.15) is 12.8 Å². The lowest BCUT2D eigenvalue weighted by Crippen LogP contribution is -2.39. The SMILES string of the molecule is COC(=O)N(C)CC1CC(O)C1. The Hall–Kier alpha value is -0.770. The molecule has 1 aliphatic rings. The summed E-state index contributed by atoms with van der Waals surface area (Å²) in [5.74, 6) is 0.448. The first-order chi connectivity index (χ1) is 5.63. The highest BCUT2D eigenvalue weighted by molar-refractivity contribution is 5.66. The van der Waals surface area contributed by atoms with Crippen LogP contribution in [-0.4, -0.2) is 42.9 Å². The van der Waals surface area contributed by atoms with Gasteiger partial charge in [0.1, 0.15) is 0 Å². The molecule has 1 rings (SSSR count). The van der Waals surface area contributed by atoms with Gasteiger partial charge in [-0.2, -0.15) is 0 Å². The first kappa shape index (κ1) is 9.32. The summed E-state index contributed by atoms with van der Waals surface area (Å²) in [6.07, 6.45) is 1.15. The highest BCUT2D eigenvalue weighted by Crippen LogP contribution is 2.27. The topological polar surface area (TPSA) is 49.8 Å². The fourth-order valence-corrected chi connectivity index (χ4v) is 1.47. The summed E-state index contributed by atoms with van der Waals surface area (Å²) < 4.78 is 4.53. The van der Waals surface area contributed by atoms with Gasteiger partial charge < -0.3 is 14.7 Å². The first-order valence-corrected chi connectivity index (χ1v) is 4.10. The summed E-state index contributed by atoms with van der Waals surface area (Å²) in [4.78, 5) is 12.4. The zero-order valence-electron chi connectivity index (χ0n) is 7.49. The molecule has 1 fully saturated rings. The molecule has 0 bridgehead atoms. The van der Waals surface area contributed by atoms with E-state index in [1.54, 1.807) is 7.05 Å². The van der Waals surface area contributed by atoms with E-state index in [0.29, 0.717) is 12.5 Å². The van der Waals surface area contributed by atoms with Crippen molar-refractivity contribution < 1.29 is 14.6 Å². The molecular formula is C8H15NO3. The Bertz CT molecular complexity index is 166. The minimum absolute atomic E-state index is 0.152. The minimum atomic E-state index is -0.309. The molecule has 0 aromatic carbocycles. The Morgan fingerprint density at radius 1 is 1.67 bits per heavy atom. The Labute approximate surface area is 72.1 Å². The average molecular weight is 173 g/mol. The van der Waals surface area contributed by atoms with Crippen LogP contribution in [0, 0.1) is 5.92 Å². The predicted octanol–water partition coefficient (Wildman–Crippen LogP) is 0.455. The Balaban J connectivity index is 2.18. The number of nitrogens with zero attached hydrogens (tertiary/aromatic N) is 1. The van der Waals surface area contributed by atoms with E-state index in [-0.39, 0.29) is 12.2 Å². The van der Waals surface area contributed by atoms with E-state index in [9.17, 15) is 4.79 Å². The molecular weight excluding hydrogens is 158 g/mol. The highest BCUT2D eigenvalue weighted by atomic mass is 16.5. The zero-order valence-corrected chi connectivity index (χ0v) is 7.49. The smallest absolute Gasteiger partial charge is 0.409 e. The third kappa shape index (κ3) is 2.11. The van der Waals surface area contributed by atoms with Crippen molar-refractivity contribution in [3.05, 3.63) is 0 Å². The number of rotatable bonds is 2. The summed E-state index contributed by atoms with van der Waals surface area (Å²) in [5.41, 5.74) is 0. The fourth-order valence-electron chi connectivity index (χ4n) is 1.47. The minimum Gasteiger partial charge on any atom is -0.453 e. The molecule has 0 heterocycles. The maximum Gasteiger partial charge on any atom is 0.409 e. The molecule has 12 heavy (non-hydrogen) atoms. The van der Waals surface area contributed by atoms with Gasteiger partial charge in [0.15, 0.2) is 0 Å². The van der Waals surface area contributed by atoms with Crippen molar-refractivity contribution in [1.29, 1.82) is 0 Å². The standard InChI is InChI=1S/C8H15NO3/c1-9(8(11)12-2)5-6-3-7(10)4-6/h6-7,10H,3-5H2,1-2H3. The molecule has 0 saturated heterocycles. The molecule has 0 unspecified atom stereocenters. The van der Waals surface area contributed by atoms with Crippen LogP contribution in [0.4, 0.5) is 4.79 Å². The maximum atomic E-state index is 10.9. The van der Waals surface area contributed by atoms with Crippen molar-refractivity contribution in [1.82, 2.24) is 4.90 Å². The second-order valence-corrected chi connectivity index (χ2v) is 3.34. The molecule has 0 radical (unpaired) electrons. The molecule has 0 aliphatic heterocycles. The van der Waals surface area contributed by atoms with Crippen molar-refractivity contribution in [2.75, 3.05) is 20.7 Å². The Morgan fingerprint density at radius 2 is 2.25 bits per heavy atom. The van der Waals surface area contributed by atoms with Crippen molar-refractivity contribution in [3.8, 4) is 0 Å². The van der Waals surface area contributed by atoms with Gasteiger partial charge in [-0.15, -0.1) is 0 Å². The van der Waals surface area contributed by atoms with Crippen molar-refractivity contribution in [2.45, 2.75) is 18.9 Å². The molecule has 0 aromatic heterocycles. The highest BCUT2D eigenvalue weighted by Gasteiger charge is 2.29. The molecule has 1 saturated carbocycles. The third-order valence-electron chi connectivity index (χ3n) is 2.23. The monoisotopic (exact) mass is 173 g/mol. The lowest BCUT2D eigenvalue weighted by Gasteiger charge is -2.33. The number of ether oxygens (including phenoxy) is 1. The van der Waals surface area contributed by atoms with Crippen LogP contribution in [0.5, 0.6) is 0 Å². The van der Waals surface area contributed by atoms with E-state index >= 15 is 0 Å². The Morgan fingerprint density at radius 3 is 2.67 bits per heavy atom. The van der Waals surface area contributed by atoms with E-state index in [4.69, 9.17) is 5.11 Å². The number of carbonyl (C=O) groups is 1. The number of aliphatic hydroxyl groups excluding tert-OH is 1. The Kier molecular flexibility index (Phi) is 2.92. The van der Waals surface area contributed by atoms with E-state index < -0.39 is 0 Å². The second-order valence-electron chi connectivity index (χ2n) is 3.34. The van der Waals surface area contributed by atoms with Crippen molar-refractivity contribution in [2.24, 2.45) is 5.92 Å². The summed E-state index contributed by atoms with van der Waals surface area (Å²) in [7, 11) is 3.07. The molecule has 4 heteroatoms. The number of hydrogen-bond acceptors (Lipinski definition) is 3. The lowest BCUT2D eigenvalue weighted by atomic mass is 9.82. The molecule has 1 amide bonds. The van der Waals surface area contributed by atoms with Crippen LogP contribution < -0.4 is 0 Å². The summed E-state index contributed by atoms with van der Waals surface area (Å²) >= 11 is 0. The van der Waals surface area contributed by atoms with Gasteiger partial charge in [-0.1, -0.05) is 0 Å². The van der Waals surface area contributed by atoms with Gasteiger partial charge in [0.05, 0.1) is 13.2 Å². The van der Waals surface area contributed by atoms with Crippen molar-refractivity contribution in [3.63, 3.8) is 0 Å². The second kappa shape index (κ2) is 3.76. The number of amides is 1. The van der Waals surface area contributed by atoms with Gasteiger partial charge in [0, 0.05) is 13.6 Å². The summed E-state index contributed by atoms with van der Waals surface area (Å²) in [5, 5.41) is 8.99. The quantitative estimate of drug-likeness (QED) is 0.659. The van der Waals surface area contributed by atoms with E-state index in [0.717, 1.165) is 12.8 Å². The largest absolute Gasteiger partial charge is 0.453 e. The van der Waals surface area contributed by atoms with Gasteiger partial charge in [-0.25, -0.2) is 4.79 Å². The van der Waals surface area contributed by atoms with Gasteiger partial charge in [-0.05, 0) is 18.8 Å². The van der Waals surface area contributed by atoms with Crippen LogP contribution >= 0.6 is 0 Å². The lowest BCUT2D eigenvalue weighted by molar-refractivity contribution is 0.0273. The maximum absolute atomic E-state index is 10.9. The predicted molar refractivity (Wildman–Crippen MR) is 43.8 cm³/mol. The normalized spacial score (nSPS) is 27.6. The van der Waals surface area contributed by atoms with Gasteiger partial charge in [0.2, 0.25) is 0 Å². The average Bonchev–Trinajstić information content (AvgIpc) is 2.00. The van der Waals surface area contributed by atoms with E-state index in [2.05, 4.69) is 4.74 Å². The van der Waals surface area contributed by atoms with Crippen LogP contribution in [0.3, 0.4) is 0 Å². The van der Waals surface area contributed by atoms with Gasteiger partial charge in [0.25, 0.3) is 0 Å². The molecule has 1 N–H and O–H groups in total. The van der Waals surface area contributed by atoms with Gasteiger partial charge >= 0.3 is 6.09 Å². The van der Waals surface area contributed by atoms with Gasteiger partial charge in [-0.3, -0.25) is 0 Å². The van der Waals surface area contributed by atoms with Crippen LogP contribution in [0.2, 0.25) is 0 Å². The molecule has 70 valence electrons. The first-order valence-electron chi connectivity index (χ1n) is 4.10. The molecule has 0 aromatic rings. The molecule has 0 atom stereocenters. The zero-order chi connectivity index (χ0) is 9.14.